The Labute approximate surface area is 196 Å². The van der Waals surface area contributed by atoms with Gasteiger partial charge in [0.05, 0.1) is 35.3 Å². The first-order chi connectivity index (χ1) is 16.4. The summed E-state index contributed by atoms with van der Waals surface area (Å²) in [4.78, 5) is 8.49. The Kier molecular flexibility index (Phi) is 6.41. The molecule has 172 valence electrons. The minimum atomic E-state index is -0.741. The van der Waals surface area contributed by atoms with Crippen molar-refractivity contribution in [1.82, 2.24) is 20.4 Å². The van der Waals surface area contributed by atoms with E-state index in [2.05, 4.69) is 20.7 Å². The highest BCUT2D eigenvalue weighted by molar-refractivity contribution is 5.72. The van der Waals surface area contributed by atoms with E-state index in [4.69, 9.17) is 10.00 Å². The van der Waals surface area contributed by atoms with Crippen LogP contribution in [0.15, 0.2) is 60.7 Å². The maximum Gasteiger partial charge on any atom is 0.218 e. The Morgan fingerprint density at radius 3 is 2.68 bits per heavy atom. The maximum absolute atomic E-state index is 15.3. The van der Waals surface area contributed by atoms with E-state index in [1.807, 2.05) is 37.3 Å². The van der Waals surface area contributed by atoms with E-state index in [9.17, 15) is 4.39 Å². The molecule has 0 spiro atoms. The van der Waals surface area contributed by atoms with E-state index < -0.39 is 11.6 Å². The summed E-state index contributed by atoms with van der Waals surface area (Å²) in [5.41, 5.74) is 6.84. The Balaban J connectivity index is 1.60. The number of nitriles is 1. The molecule has 0 aliphatic carbocycles. The van der Waals surface area contributed by atoms with Gasteiger partial charge in [0.15, 0.2) is 5.82 Å². The van der Waals surface area contributed by atoms with Crippen LogP contribution in [0.3, 0.4) is 0 Å². The summed E-state index contributed by atoms with van der Waals surface area (Å²) in [5, 5.41) is 13.9. The van der Waals surface area contributed by atoms with Crippen molar-refractivity contribution in [2.45, 2.75) is 13.5 Å². The molecule has 0 saturated carbocycles. The average molecular weight is 460 g/mol. The number of allylic oxidation sites excluding steroid dienone is 2. The van der Waals surface area contributed by atoms with Crippen molar-refractivity contribution in [1.29, 1.82) is 5.26 Å². The largest absolute Gasteiger partial charge is 0.481 e. The lowest BCUT2D eigenvalue weighted by atomic mass is 10.0. The Morgan fingerprint density at radius 2 is 2.03 bits per heavy atom. The highest BCUT2D eigenvalue weighted by Crippen LogP contribution is 2.32. The van der Waals surface area contributed by atoms with Gasteiger partial charge in [-0.15, -0.1) is 0 Å². The van der Waals surface area contributed by atoms with Gasteiger partial charge in [-0.25, -0.2) is 13.8 Å². The van der Waals surface area contributed by atoms with Crippen molar-refractivity contribution < 1.29 is 13.5 Å². The lowest BCUT2D eigenvalue weighted by molar-refractivity contribution is 0.393. The lowest BCUT2D eigenvalue weighted by Crippen LogP contribution is -2.23. The van der Waals surface area contributed by atoms with E-state index in [-0.39, 0.29) is 17.8 Å². The number of methoxy groups -OCH3 is 1. The summed E-state index contributed by atoms with van der Waals surface area (Å²) in [5.74, 6) is -1.12. The third-order valence-corrected chi connectivity index (χ3v) is 5.41. The molecule has 0 radical (unpaired) electrons. The van der Waals surface area contributed by atoms with Crippen LogP contribution >= 0.6 is 0 Å². The molecular formula is C25H22F2N6O. The van der Waals surface area contributed by atoms with Crippen molar-refractivity contribution >= 4 is 11.3 Å². The molecule has 4 rings (SSSR count). The molecule has 3 aromatic rings. The Hall–Kier alpha value is -4.45. The smallest absolute Gasteiger partial charge is 0.218 e. The third kappa shape index (κ3) is 4.52. The van der Waals surface area contributed by atoms with Crippen LogP contribution in [0.1, 0.15) is 23.7 Å². The van der Waals surface area contributed by atoms with Crippen molar-refractivity contribution in [2.24, 2.45) is 0 Å². The van der Waals surface area contributed by atoms with Crippen LogP contribution in [0, 0.1) is 23.0 Å². The molecule has 2 aromatic heterocycles. The number of halogens is 2. The zero-order chi connectivity index (χ0) is 24.2. The number of anilines is 1. The highest BCUT2D eigenvalue weighted by atomic mass is 19.1. The van der Waals surface area contributed by atoms with Crippen LogP contribution < -0.4 is 15.5 Å². The van der Waals surface area contributed by atoms with Gasteiger partial charge in [0, 0.05) is 43.3 Å². The number of hydrogen-bond donors (Lipinski definition) is 2. The predicted octanol–water partition coefficient (Wildman–Crippen LogP) is 4.61. The van der Waals surface area contributed by atoms with Crippen LogP contribution in [0.2, 0.25) is 0 Å². The average Bonchev–Trinajstić information content (AvgIpc) is 3.29. The lowest BCUT2D eigenvalue weighted by Gasteiger charge is -2.14. The van der Waals surface area contributed by atoms with Gasteiger partial charge < -0.3 is 10.1 Å². The van der Waals surface area contributed by atoms with Crippen molar-refractivity contribution in [3.8, 4) is 23.1 Å². The second kappa shape index (κ2) is 9.58. The van der Waals surface area contributed by atoms with E-state index >= 15 is 4.39 Å². The number of hydrogen-bond acceptors (Lipinski definition) is 7. The van der Waals surface area contributed by atoms with Crippen LogP contribution in [0.4, 0.5) is 14.5 Å². The fourth-order valence-electron chi connectivity index (χ4n) is 3.57. The number of hydrazine groups is 1. The zero-order valence-corrected chi connectivity index (χ0v) is 18.9. The molecule has 0 saturated heterocycles. The number of rotatable bonds is 6. The summed E-state index contributed by atoms with van der Waals surface area (Å²) in [6, 6.07) is 9.51. The monoisotopic (exact) mass is 460 g/mol. The summed E-state index contributed by atoms with van der Waals surface area (Å²) in [6.07, 6.45) is 6.66. The second-order valence-electron chi connectivity index (χ2n) is 7.65. The molecule has 9 heteroatoms. The molecule has 2 N–H and O–H groups in total. The minimum Gasteiger partial charge on any atom is -0.481 e. The van der Waals surface area contributed by atoms with E-state index in [0.717, 1.165) is 11.3 Å². The van der Waals surface area contributed by atoms with E-state index in [0.29, 0.717) is 28.3 Å². The number of nitrogens with one attached hydrogen (secondary N) is 2. The summed E-state index contributed by atoms with van der Waals surface area (Å²) in [6.45, 7) is 2.05. The number of benzene rings is 1. The van der Waals surface area contributed by atoms with E-state index in [1.54, 1.807) is 18.2 Å². The summed E-state index contributed by atoms with van der Waals surface area (Å²) in [7, 11) is 3.34. The minimum absolute atomic E-state index is 0.103. The Morgan fingerprint density at radius 1 is 1.21 bits per heavy atom. The normalized spacial score (nSPS) is 13.9. The third-order valence-electron chi connectivity index (χ3n) is 5.41. The van der Waals surface area contributed by atoms with Crippen LogP contribution in [0.25, 0.3) is 16.7 Å². The molecular weight excluding hydrogens is 438 g/mol. The molecule has 0 bridgehead atoms. The highest BCUT2D eigenvalue weighted by Gasteiger charge is 2.17. The number of aromatic nitrogens is 2. The van der Waals surface area contributed by atoms with Crippen molar-refractivity contribution in [2.75, 3.05) is 19.5 Å². The topological polar surface area (TPSA) is 86.1 Å². The summed E-state index contributed by atoms with van der Waals surface area (Å²) < 4.78 is 35.2. The van der Waals surface area contributed by atoms with Gasteiger partial charge >= 0.3 is 0 Å². The number of nitrogens with zero attached hydrogens (tertiary/aromatic N) is 4. The van der Waals surface area contributed by atoms with Gasteiger partial charge in [-0.05, 0) is 42.8 Å². The van der Waals surface area contributed by atoms with Gasteiger partial charge in [0.25, 0.3) is 0 Å². The molecule has 0 unspecified atom stereocenters. The van der Waals surface area contributed by atoms with Crippen LogP contribution in [0.5, 0.6) is 5.88 Å². The quantitative estimate of drug-likeness (QED) is 0.556. The number of pyridine rings is 2. The van der Waals surface area contributed by atoms with Gasteiger partial charge in [-0.3, -0.25) is 15.4 Å². The van der Waals surface area contributed by atoms with E-state index in [1.165, 1.54) is 31.6 Å². The first-order valence-electron chi connectivity index (χ1n) is 10.4. The fraction of sp³-hybridized carbons (Fsp3) is 0.160. The molecule has 1 aliphatic rings. The Bertz CT molecular complexity index is 1330. The standard InChI is InChI=1S/C25H22F2N6O/c1-15(21-8-9-33(2)32-21)20-6-4-17(13-29-20)23-19(26)5-7-22(24(23)27)30-14-18-10-16(11-28)12-31-25(18)34-3/h4-10,12-13,30,32H,14H2,1-3H3/b21-15+. The number of ether oxygens (including phenoxy) is 1. The zero-order valence-electron chi connectivity index (χ0n) is 18.9. The second-order valence-corrected chi connectivity index (χ2v) is 7.65. The molecule has 1 aliphatic heterocycles. The molecule has 1 aromatic carbocycles. The van der Waals surface area contributed by atoms with Crippen LogP contribution in [-0.2, 0) is 6.54 Å². The SMILES string of the molecule is COc1ncc(C#N)cc1CNc1ccc(F)c(-c2ccc(/C(C)=C3\C=CN(C)N3)nc2)c1F. The van der Waals surface area contributed by atoms with Crippen LogP contribution in [-0.4, -0.2) is 29.1 Å². The summed E-state index contributed by atoms with van der Waals surface area (Å²) >= 11 is 0. The fourth-order valence-corrected chi connectivity index (χ4v) is 3.57. The van der Waals surface area contributed by atoms with Gasteiger partial charge in [-0.1, -0.05) is 6.07 Å². The molecule has 0 atom stereocenters. The predicted molar refractivity (Wildman–Crippen MR) is 125 cm³/mol. The molecule has 34 heavy (non-hydrogen) atoms. The molecule has 3 heterocycles. The maximum atomic E-state index is 15.3. The van der Waals surface area contributed by atoms with Crippen molar-refractivity contribution in [3.63, 3.8) is 0 Å². The first-order valence-corrected chi connectivity index (χ1v) is 10.4. The van der Waals surface area contributed by atoms with Gasteiger partial charge in [0.2, 0.25) is 5.88 Å². The molecule has 0 amide bonds. The van der Waals surface area contributed by atoms with Gasteiger partial charge in [-0.2, -0.15) is 5.26 Å². The van der Waals surface area contributed by atoms with Gasteiger partial charge in [0.1, 0.15) is 11.9 Å². The molecule has 0 fully saturated rings. The van der Waals surface area contributed by atoms with Crippen molar-refractivity contribution in [3.05, 3.63) is 89.2 Å². The first kappa shape index (κ1) is 22.7. The molecule has 7 nitrogen and oxygen atoms in total.